The van der Waals surface area contributed by atoms with Gasteiger partial charge in [-0.15, -0.1) is 0 Å². The molecule has 2 aromatic rings. The number of nitrogens with one attached hydrogen (secondary N) is 2. The molecule has 1 aromatic heterocycles. The van der Waals surface area contributed by atoms with Crippen molar-refractivity contribution in [2.45, 2.75) is 12.5 Å². The first-order chi connectivity index (χ1) is 8.22. The average Bonchev–Trinajstić information content (AvgIpc) is 2.85. The third-order valence-corrected chi connectivity index (χ3v) is 2.95. The highest BCUT2D eigenvalue weighted by atomic mass is 35.5. The van der Waals surface area contributed by atoms with Crippen molar-refractivity contribution in [3.8, 4) is 0 Å². The number of hydrogen-bond acceptors (Lipinski definition) is 2. The minimum atomic E-state index is -0.360. The van der Waals surface area contributed by atoms with Gasteiger partial charge in [-0.1, -0.05) is 23.7 Å². The second-order valence-electron chi connectivity index (χ2n) is 3.73. The number of halogens is 2. The Labute approximate surface area is 104 Å². The summed E-state index contributed by atoms with van der Waals surface area (Å²) in [5, 5.41) is 3.25. The molecule has 2 N–H and O–H groups in total. The van der Waals surface area contributed by atoms with Crippen molar-refractivity contribution in [1.82, 2.24) is 15.3 Å². The van der Waals surface area contributed by atoms with Gasteiger partial charge in [0, 0.05) is 12.4 Å². The zero-order valence-electron chi connectivity index (χ0n) is 9.37. The zero-order chi connectivity index (χ0) is 12.3. The summed E-state index contributed by atoms with van der Waals surface area (Å²) in [4.78, 5) is 7.18. The lowest BCUT2D eigenvalue weighted by Gasteiger charge is -2.14. The van der Waals surface area contributed by atoms with Crippen LogP contribution < -0.4 is 5.32 Å². The van der Waals surface area contributed by atoms with E-state index in [2.05, 4.69) is 15.3 Å². The van der Waals surface area contributed by atoms with E-state index in [1.165, 1.54) is 0 Å². The lowest BCUT2D eigenvalue weighted by molar-refractivity contribution is 0.536. The molecule has 90 valence electrons. The lowest BCUT2D eigenvalue weighted by atomic mass is 10.1. The summed E-state index contributed by atoms with van der Waals surface area (Å²) in [5.41, 5.74) is 0.577. The van der Waals surface area contributed by atoms with Gasteiger partial charge in [0.1, 0.15) is 11.6 Å². The molecule has 0 fully saturated rings. The van der Waals surface area contributed by atoms with Crippen molar-refractivity contribution in [2.75, 3.05) is 7.05 Å². The van der Waals surface area contributed by atoms with E-state index in [-0.39, 0.29) is 16.9 Å². The van der Waals surface area contributed by atoms with Crippen molar-refractivity contribution in [3.63, 3.8) is 0 Å². The summed E-state index contributed by atoms with van der Waals surface area (Å²) >= 11 is 5.75. The first-order valence-corrected chi connectivity index (χ1v) is 5.69. The Morgan fingerprint density at radius 1 is 1.53 bits per heavy atom. The van der Waals surface area contributed by atoms with E-state index < -0.39 is 0 Å². The lowest BCUT2D eigenvalue weighted by Crippen LogP contribution is -2.20. The summed E-state index contributed by atoms with van der Waals surface area (Å²) < 4.78 is 13.7. The van der Waals surface area contributed by atoms with Crippen LogP contribution in [0.25, 0.3) is 0 Å². The highest BCUT2D eigenvalue weighted by Gasteiger charge is 2.15. The van der Waals surface area contributed by atoms with Gasteiger partial charge in [0.05, 0.1) is 11.1 Å². The molecule has 1 aromatic carbocycles. The van der Waals surface area contributed by atoms with Crippen molar-refractivity contribution in [3.05, 3.63) is 52.8 Å². The van der Waals surface area contributed by atoms with Crippen LogP contribution in [-0.4, -0.2) is 17.0 Å². The molecule has 0 spiro atoms. The monoisotopic (exact) mass is 253 g/mol. The Hall–Kier alpha value is -1.39. The van der Waals surface area contributed by atoms with Gasteiger partial charge < -0.3 is 10.3 Å². The number of benzene rings is 1. The summed E-state index contributed by atoms with van der Waals surface area (Å²) in [7, 11) is 1.82. The normalized spacial score (nSPS) is 12.6. The summed E-state index contributed by atoms with van der Waals surface area (Å²) in [6.45, 7) is 0. The molecule has 0 amide bonds. The van der Waals surface area contributed by atoms with E-state index >= 15 is 0 Å². The molecule has 1 atom stereocenters. The van der Waals surface area contributed by atoms with Gasteiger partial charge in [-0.25, -0.2) is 9.37 Å². The first-order valence-electron chi connectivity index (χ1n) is 5.31. The van der Waals surface area contributed by atoms with E-state index in [9.17, 15) is 4.39 Å². The van der Waals surface area contributed by atoms with Gasteiger partial charge in [-0.2, -0.15) is 0 Å². The third kappa shape index (κ3) is 2.65. The van der Waals surface area contributed by atoms with Crippen LogP contribution in [0.4, 0.5) is 4.39 Å². The summed E-state index contributed by atoms with van der Waals surface area (Å²) in [6.07, 6.45) is 3.92. The van der Waals surface area contributed by atoms with E-state index in [0.29, 0.717) is 12.0 Å². The predicted molar refractivity (Wildman–Crippen MR) is 65.5 cm³/mol. The van der Waals surface area contributed by atoms with E-state index in [1.54, 1.807) is 30.6 Å². The fraction of sp³-hybridized carbons (Fsp3) is 0.250. The molecule has 0 aliphatic heterocycles. The highest BCUT2D eigenvalue weighted by molar-refractivity contribution is 6.30. The molecular formula is C12H13ClFN3. The van der Waals surface area contributed by atoms with Crippen LogP contribution in [0.2, 0.25) is 5.02 Å². The van der Waals surface area contributed by atoms with Gasteiger partial charge in [0.25, 0.3) is 0 Å². The molecule has 17 heavy (non-hydrogen) atoms. The van der Waals surface area contributed by atoms with Crippen LogP contribution in [0, 0.1) is 5.82 Å². The molecular weight excluding hydrogens is 241 g/mol. The Kier molecular flexibility index (Phi) is 3.76. The molecule has 2 rings (SSSR count). The number of nitrogens with zero attached hydrogens (tertiary/aromatic N) is 1. The SMILES string of the molecule is CNC(Cc1cccc(Cl)c1F)c1ncc[nH]1. The number of rotatable bonds is 4. The molecule has 1 heterocycles. The van der Waals surface area contributed by atoms with Gasteiger partial charge >= 0.3 is 0 Å². The molecule has 0 saturated carbocycles. The predicted octanol–water partition coefficient (Wildman–Crippen LogP) is 2.71. The maximum atomic E-state index is 13.7. The van der Waals surface area contributed by atoms with Crippen molar-refractivity contribution in [2.24, 2.45) is 0 Å². The van der Waals surface area contributed by atoms with Crippen LogP contribution in [0.3, 0.4) is 0 Å². The molecule has 1 unspecified atom stereocenters. The number of imidazole rings is 1. The summed E-state index contributed by atoms with van der Waals surface area (Å²) in [5.74, 6) is 0.424. The van der Waals surface area contributed by atoms with Gasteiger partial charge in [0.2, 0.25) is 0 Å². The highest BCUT2D eigenvalue weighted by Crippen LogP contribution is 2.22. The average molecular weight is 254 g/mol. The Bertz CT molecular complexity index is 485. The minimum absolute atomic E-state index is 0.0574. The fourth-order valence-corrected chi connectivity index (χ4v) is 1.92. The Balaban J connectivity index is 2.22. The van der Waals surface area contributed by atoms with Crippen molar-refractivity contribution in [1.29, 1.82) is 0 Å². The van der Waals surface area contributed by atoms with Crippen molar-refractivity contribution < 1.29 is 4.39 Å². The third-order valence-electron chi connectivity index (χ3n) is 2.65. The van der Waals surface area contributed by atoms with E-state index in [1.807, 2.05) is 7.05 Å². The Morgan fingerprint density at radius 3 is 3.00 bits per heavy atom. The summed E-state index contributed by atoms with van der Waals surface area (Å²) in [6, 6.07) is 4.96. The van der Waals surface area contributed by atoms with Gasteiger partial charge in [-0.05, 0) is 25.1 Å². The van der Waals surface area contributed by atoms with E-state index in [0.717, 1.165) is 5.82 Å². The number of likely N-dealkylation sites (N-methyl/N-ethyl adjacent to an activating group) is 1. The molecule has 5 heteroatoms. The molecule has 0 bridgehead atoms. The number of aromatic nitrogens is 2. The standard InChI is InChI=1S/C12H13ClFN3/c1-15-10(12-16-5-6-17-12)7-8-3-2-4-9(13)11(8)14/h2-6,10,15H,7H2,1H3,(H,16,17). The van der Waals surface area contributed by atoms with Crippen LogP contribution in [0.15, 0.2) is 30.6 Å². The molecule has 0 aliphatic rings. The van der Waals surface area contributed by atoms with Crippen LogP contribution in [0.1, 0.15) is 17.4 Å². The molecule has 3 nitrogen and oxygen atoms in total. The number of hydrogen-bond donors (Lipinski definition) is 2. The van der Waals surface area contributed by atoms with E-state index in [4.69, 9.17) is 11.6 Å². The van der Waals surface area contributed by atoms with Crippen LogP contribution >= 0.6 is 11.6 Å². The van der Waals surface area contributed by atoms with Crippen molar-refractivity contribution >= 4 is 11.6 Å². The zero-order valence-corrected chi connectivity index (χ0v) is 10.1. The largest absolute Gasteiger partial charge is 0.347 e. The maximum Gasteiger partial charge on any atom is 0.145 e. The maximum absolute atomic E-state index is 13.7. The minimum Gasteiger partial charge on any atom is -0.347 e. The van der Waals surface area contributed by atoms with Crippen LogP contribution in [0.5, 0.6) is 0 Å². The topological polar surface area (TPSA) is 40.7 Å². The van der Waals surface area contributed by atoms with Gasteiger partial charge in [0.15, 0.2) is 0 Å². The molecule has 0 radical (unpaired) electrons. The quantitative estimate of drug-likeness (QED) is 0.880. The molecule has 0 aliphatic carbocycles. The second-order valence-corrected chi connectivity index (χ2v) is 4.14. The molecule has 0 saturated heterocycles. The smallest absolute Gasteiger partial charge is 0.145 e. The van der Waals surface area contributed by atoms with Crippen LogP contribution in [-0.2, 0) is 6.42 Å². The Morgan fingerprint density at radius 2 is 2.35 bits per heavy atom. The number of aromatic amines is 1. The second kappa shape index (κ2) is 5.29. The first kappa shape index (κ1) is 12.1. The number of H-pyrrole nitrogens is 1. The fourth-order valence-electron chi connectivity index (χ4n) is 1.73. The van der Waals surface area contributed by atoms with Gasteiger partial charge in [-0.3, -0.25) is 0 Å².